The standard InChI is InChI=1S/C15H23FN2/c16-9-5-10-17-15-8-4-11-18(13-15)12-14-6-2-1-3-7-14/h1-3,6-7,15,17H,4-5,8-13H2. The summed E-state index contributed by atoms with van der Waals surface area (Å²) in [5.41, 5.74) is 1.38. The third kappa shape index (κ3) is 4.39. The zero-order chi connectivity index (χ0) is 12.6. The Morgan fingerprint density at radius 3 is 2.89 bits per heavy atom. The Bertz CT molecular complexity index is 329. The molecule has 1 fully saturated rings. The molecule has 2 nitrogen and oxygen atoms in total. The number of hydrogen-bond acceptors (Lipinski definition) is 2. The molecule has 1 N–H and O–H groups in total. The number of hydrogen-bond donors (Lipinski definition) is 1. The minimum atomic E-state index is -0.215. The van der Waals surface area contributed by atoms with Gasteiger partial charge in [-0.2, -0.15) is 0 Å². The fraction of sp³-hybridized carbons (Fsp3) is 0.600. The first-order chi connectivity index (χ1) is 8.88. The molecular formula is C15H23FN2. The zero-order valence-corrected chi connectivity index (χ0v) is 10.9. The summed E-state index contributed by atoms with van der Waals surface area (Å²) in [6, 6.07) is 11.1. The number of piperidine rings is 1. The average molecular weight is 250 g/mol. The molecule has 1 unspecified atom stereocenters. The van der Waals surface area contributed by atoms with Gasteiger partial charge < -0.3 is 5.32 Å². The highest BCUT2D eigenvalue weighted by Gasteiger charge is 2.18. The molecule has 0 aliphatic carbocycles. The second kappa shape index (κ2) is 7.49. The van der Waals surface area contributed by atoms with Gasteiger partial charge in [-0.3, -0.25) is 9.29 Å². The molecule has 3 heteroatoms. The van der Waals surface area contributed by atoms with E-state index >= 15 is 0 Å². The lowest BCUT2D eigenvalue weighted by Gasteiger charge is -2.33. The maximum atomic E-state index is 12.1. The summed E-state index contributed by atoms with van der Waals surface area (Å²) in [5, 5.41) is 3.46. The first kappa shape index (κ1) is 13.5. The van der Waals surface area contributed by atoms with Crippen molar-refractivity contribution in [2.75, 3.05) is 26.3 Å². The number of benzene rings is 1. The Hall–Kier alpha value is -0.930. The van der Waals surface area contributed by atoms with Gasteiger partial charge in [0.15, 0.2) is 0 Å². The monoisotopic (exact) mass is 250 g/mol. The van der Waals surface area contributed by atoms with Gasteiger partial charge in [0.05, 0.1) is 6.67 Å². The van der Waals surface area contributed by atoms with Crippen molar-refractivity contribution in [1.29, 1.82) is 0 Å². The molecule has 0 radical (unpaired) electrons. The Kier molecular flexibility index (Phi) is 5.62. The van der Waals surface area contributed by atoms with Gasteiger partial charge >= 0.3 is 0 Å². The van der Waals surface area contributed by atoms with E-state index in [9.17, 15) is 4.39 Å². The van der Waals surface area contributed by atoms with Crippen LogP contribution in [0.2, 0.25) is 0 Å². The summed E-state index contributed by atoms with van der Waals surface area (Å²) >= 11 is 0. The Labute approximate surface area is 109 Å². The normalized spacial score (nSPS) is 21.1. The highest BCUT2D eigenvalue weighted by atomic mass is 19.1. The molecule has 0 spiro atoms. The molecule has 18 heavy (non-hydrogen) atoms. The lowest BCUT2D eigenvalue weighted by atomic mass is 10.0. The molecule has 0 bridgehead atoms. The molecule has 1 heterocycles. The molecule has 2 rings (SSSR count). The van der Waals surface area contributed by atoms with Crippen LogP contribution in [-0.2, 0) is 6.54 Å². The summed E-state index contributed by atoms with van der Waals surface area (Å²) in [7, 11) is 0. The minimum absolute atomic E-state index is 0.215. The Morgan fingerprint density at radius 1 is 1.28 bits per heavy atom. The fourth-order valence-corrected chi connectivity index (χ4v) is 2.58. The van der Waals surface area contributed by atoms with Gasteiger partial charge in [0.1, 0.15) is 0 Å². The van der Waals surface area contributed by atoms with E-state index in [1.54, 1.807) is 0 Å². The van der Waals surface area contributed by atoms with E-state index in [0.29, 0.717) is 12.5 Å². The van der Waals surface area contributed by atoms with Gasteiger partial charge in [0, 0.05) is 19.1 Å². The van der Waals surface area contributed by atoms with Gasteiger partial charge in [0.25, 0.3) is 0 Å². The maximum absolute atomic E-state index is 12.1. The van der Waals surface area contributed by atoms with E-state index in [-0.39, 0.29) is 6.67 Å². The predicted molar refractivity (Wildman–Crippen MR) is 73.3 cm³/mol. The lowest BCUT2D eigenvalue weighted by Crippen LogP contribution is -2.45. The van der Waals surface area contributed by atoms with Crippen LogP contribution >= 0.6 is 0 Å². The van der Waals surface area contributed by atoms with Crippen molar-refractivity contribution in [1.82, 2.24) is 10.2 Å². The van der Waals surface area contributed by atoms with E-state index in [1.165, 1.54) is 24.9 Å². The van der Waals surface area contributed by atoms with E-state index < -0.39 is 0 Å². The summed E-state index contributed by atoms with van der Waals surface area (Å²) in [5.74, 6) is 0. The third-order valence-corrected chi connectivity index (χ3v) is 3.50. The van der Waals surface area contributed by atoms with Crippen molar-refractivity contribution in [3.05, 3.63) is 35.9 Å². The first-order valence-electron chi connectivity index (χ1n) is 6.94. The topological polar surface area (TPSA) is 15.3 Å². The van der Waals surface area contributed by atoms with Crippen molar-refractivity contribution in [2.45, 2.75) is 31.8 Å². The smallest absolute Gasteiger partial charge is 0.0906 e. The highest BCUT2D eigenvalue weighted by molar-refractivity contribution is 5.14. The van der Waals surface area contributed by atoms with Gasteiger partial charge in [0.2, 0.25) is 0 Å². The predicted octanol–water partition coefficient (Wildman–Crippen LogP) is 2.60. The number of nitrogens with one attached hydrogen (secondary N) is 1. The van der Waals surface area contributed by atoms with Crippen LogP contribution in [0, 0.1) is 0 Å². The number of likely N-dealkylation sites (tertiary alicyclic amines) is 1. The number of rotatable bonds is 6. The van der Waals surface area contributed by atoms with E-state index in [1.807, 2.05) is 0 Å². The largest absolute Gasteiger partial charge is 0.313 e. The molecule has 1 aliphatic heterocycles. The van der Waals surface area contributed by atoms with Crippen LogP contribution in [0.1, 0.15) is 24.8 Å². The van der Waals surface area contributed by atoms with Gasteiger partial charge in [-0.05, 0) is 37.9 Å². The Morgan fingerprint density at radius 2 is 2.11 bits per heavy atom. The molecule has 1 atom stereocenters. The van der Waals surface area contributed by atoms with Crippen LogP contribution in [0.25, 0.3) is 0 Å². The van der Waals surface area contributed by atoms with Crippen LogP contribution in [-0.4, -0.2) is 37.3 Å². The SMILES string of the molecule is FCCCNC1CCCN(Cc2ccccc2)C1. The molecule has 0 amide bonds. The van der Waals surface area contributed by atoms with Gasteiger partial charge in [-0.15, -0.1) is 0 Å². The van der Waals surface area contributed by atoms with Crippen molar-refractivity contribution in [3.63, 3.8) is 0 Å². The second-order valence-corrected chi connectivity index (χ2v) is 5.06. The second-order valence-electron chi connectivity index (χ2n) is 5.06. The molecule has 1 aromatic rings. The van der Waals surface area contributed by atoms with Crippen LogP contribution in [0.5, 0.6) is 0 Å². The number of alkyl halides is 1. The van der Waals surface area contributed by atoms with E-state index in [2.05, 4.69) is 40.5 Å². The van der Waals surface area contributed by atoms with Crippen molar-refractivity contribution in [2.24, 2.45) is 0 Å². The van der Waals surface area contributed by atoms with Crippen LogP contribution in [0.4, 0.5) is 4.39 Å². The number of nitrogens with zero attached hydrogens (tertiary/aromatic N) is 1. The quantitative estimate of drug-likeness (QED) is 0.781. The van der Waals surface area contributed by atoms with Gasteiger partial charge in [-0.1, -0.05) is 30.3 Å². The molecule has 0 saturated carbocycles. The van der Waals surface area contributed by atoms with E-state index in [0.717, 1.165) is 19.6 Å². The molecule has 1 saturated heterocycles. The summed E-state index contributed by atoms with van der Waals surface area (Å²) in [6.07, 6.45) is 3.09. The molecule has 1 aromatic carbocycles. The zero-order valence-electron chi connectivity index (χ0n) is 10.9. The van der Waals surface area contributed by atoms with Crippen molar-refractivity contribution < 1.29 is 4.39 Å². The van der Waals surface area contributed by atoms with Crippen LogP contribution < -0.4 is 5.32 Å². The molecule has 0 aromatic heterocycles. The molecular weight excluding hydrogens is 227 g/mol. The van der Waals surface area contributed by atoms with E-state index in [4.69, 9.17) is 0 Å². The number of halogens is 1. The minimum Gasteiger partial charge on any atom is -0.313 e. The third-order valence-electron chi connectivity index (χ3n) is 3.50. The fourth-order valence-electron chi connectivity index (χ4n) is 2.58. The van der Waals surface area contributed by atoms with Crippen LogP contribution in [0.3, 0.4) is 0 Å². The van der Waals surface area contributed by atoms with Crippen molar-refractivity contribution >= 4 is 0 Å². The van der Waals surface area contributed by atoms with Crippen LogP contribution in [0.15, 0.2) is 30.3 Å². The lowest BCUT2D eigenvalue weighted by molar-refractivity contribution is 0.183. The Balaban J connectivity index is 1.76. The highest BCUT2D eigenvalue weighted by Crippen LogP contribution is 2.13. The average Bonchev–Trinajstić information content (AvgIpc) is 2.41. The van der Waals surface area contributed by atoms with Crippen molar-refractivity contribution in [3.8, 4) is 0 Å². The summed E-state index contributed by atoms with van der Waals surface area (Å²) in [4.78, 5) is 2.49. The first-order valence-corrected chi connectivity index (χ1v) is 6.94. The maximum Gasteiger partial charge on any atom is 0.0906 e. The molecule has 100 valence electrons. The molecule has 1 aliphatic rings. The summed E-state index contributed by atoms with van der Waals surface area (Å²) < 4.78 is 12.1. The summed E-state index contributed by atoms with van der Waals surface area (Å²) in [6.45, 7) is 3.88. The van der Waals surface area contributed by atoms with Gasteiger partial charge in [-0.25, -0.2) is 0 Å².